The van der Waals surface area contributed by atoms with Crippen molar-refractivity contribution in [3.8, 4) is 5.75 Å². The highest BCUT2D eigenvalue weighted by molar-refractivity contribution is 6.22. The Morgan fingerprint density at radius 1 is 0.939 bits per heavy atom. The fraction of sp³-hybridized carbons (Fsp3) is 0.268. The number of carbonyl (C=O) groups excluding carboxylic acids is 2. The Bertz CT molecular complexity index is 1860. The first-order valence-electron chi connectivity index (χ1n) is 16.8. The predicted molar refractivity (Wildman–Crippen MR) is 190 cm³/mol. The molecular formula is C41H41FN2O5. The fourth-order valence-corrected chi connectivity index (χ4v) is 7.35. The van der Waals surface area contributed by atoms with Crippen LogP contribution in [0.4, 0.5) is 21.5 Å². The minimum Gasteiger partial charge on any atom is -0.505 e. The highest BCUT2D eigenvalue weighted by Gasteiger charge is 2.55. The van der Waals surface area contributed by atoms with E-state index in [0.29, 0.717) is 42.5 Å². The number of halogens is 1. The first-order valence-corrected chi connectivity index (χ1v) is 16.8. The first-order chi connectivity index (χ1) is 23.8. The van der Waals surface area contributed by atoms with Crippen LogP contribution in [0.3, 0.4) is 0 Å². The largest absolute Gasteiger partial charge is 0.505 e. The van der Waals surface area contributed by atoms with E-state index in [9.17, 15) is 29.3 Å². The minimum atomic E-state index is -0.969. The standard InChI is InChI=1S/C41H41FN2O5/c1-2-9-29-24-33-39(41(49)44(40(33)48)32-18-16-31(17-19-32)43-30-12-7-4-8-13-30)34(25-45)38(29)37(47)21-15-28(27-10-5-3-6-11-27)22-26-14-20-36(46)35(42)23-26/h3-8,10-14,16-20,22-23,33-34,37,39,43,45-47H,2,9,15,21,24-25H2,1H3/b28-22-/t33-,34+,37-,39-/m1/s1. The Balaban J connectivity index is 1.25. The van der Waals surface area contributed by atoms with E-state index >= 15 is 0 Å². The fourth-order valence-electron chi connectivity index (χ4n) is 7.35. The van der Waals surface area contributed by atoms with Crippen LogP contribution < -0.4 is 10.2 Å². The van der Waals surface area contributed by atoms with Crippen LogP contribution in [0, 0.1) is 23.6 Å². The number of allylic oxidation sites excluding steroid dienone is 2. The number of aliphatic hydroxyl groups is 2. The SMILES string of the molecule is CCCC1=C([C@H](O)CC/C(=C/c2ccc(O)c(F)c2)c2ccccc2)[C@H](CO)[C@@H]2C(=O)N(c3ccc(Nc4ccccc4)cc3)C(=O)[C@@H]2C1. The van der Waals surface area contributed by atoms with Crippen molar-refractivity contribution in [1.29, 1.82) is 0 Å². The minimum absolute atomic E-state index is 0.283. The molecule has 49 heavy (non-hydrogen) atoms. The summed E-state index contributed by atoms with van der Waals surface area (Å²) in [6, 6.07) is 30.7. The number of hydrogen-bond donors (Lipinski definition) is 4. The second-order valence-electron chi connectivity index (χ2n) is 12.8. The second-order valence-corrected chi connectivity index (χ2v) is 12.8. The third-order valence-corrected chi connectivity index (χ3v) is 9.62. The first kappa shape index (κ1) is 33.8. The molecule has 252 valence electrons. The Morgan fingerprint density at radius 3 is 2.27 bits per heavy atom. The van der Waals surface area contributed by atoms with Crippen LogP contribution >= 0.6 is 0 Å². The van der Waals surface area contributed by atoms with E-state index < -0.39 is 35.4 Å². The summed E-state index contributed by atoms with van der Waals surface area (Å²) in [6.07, 6.45) is 3.36. The highest BCUT2D eigenvalue weighted by atomic mass is 19.1. The number of hydrogen-bond acceptors (Lipinski definition) is 6. The van der Waals surface area contributed by atoms with Gasteiger partial charge in [0.2, 0.25) is 11.8 Å². The number of rotatable bonds is 12. The van der Waals surface area contributed by atoms with E-state index in [4.69, 9.17) is 0 Å². The van der Waals surface area contributed by atoms with Gasteiger partial charge < -0.3 is 20.6 Å². The van der Waals surface area contributed by atoms with Gasteiger partial charge in [-0.25, -0.2) is 4.39 Å². The molecule has 0 bridgehead atoms. The van der Waals surface area contributed by atoms with Crippen molar-refractivity contribution >= 4 is 40.5 Å². The number of phenolic OH excluding ortho intramolecular Hbond substituents is 1. The van der Waals surface area contributed by atoms with Crippen molar-refractivity contribution in [3.05, 3.63) is 131 Å². The number of nitrogens with zero attached hydrogens (tertiary/aromatic N) is 1. The molecule has 6 rings (SSSR count). The zero-order chi connectivity index (χ0) is 34.5. The lowest BCUT2D eigenvalue weighted by Gasteiger charge is -2.36. The average Bonchev–Trinajstić information content (AvgIpc) is 3.37. The highest BCUT2D eigenvalue weighted by Crippen LogP contribution is 2.48. The molecule has 4 atom stereocenters. The number of fused-ring (bicyclic) bond motifs is 1. The number of aliphatic hydroxyl groups excluding tert-OH is 2. The van der Waals surface area contributed by atoms with E-state index in [1.54, 1.807) is 18.2 Å². The molecular weight excluding hydrogens is 619 g/mol. The Kier molecular flexibility index (Phi) is 10.4. The third-order valence-electron chi connectivity index (χ3n) is 9.62. The van der Waals surface area contributed by atoms with Crippen LogP contribution in [0.15, 0.2) is 114 Å². The van der Waals surface area contributed by atoms with Gasteiger partial charge in [-0.1, -0.05) is 79.6 Å². The zero-order valence-electron chi connectivity index (χ0n) is 27.4. The molecule has 1 saturated heterocycles. The maximum Gasteiger partial charge on any atom is 0.238 e. The quantitative estimate of drug-likeness (QED) is 0.0700. The number of phenols is 1. The number of carbonyl (C=O) groups is 2. The molecule has 0 aromatic heterocycles. The summed E-state index contributed by atoms with van der Waals surface area (Å²) in [5.74, 6) is -3.89. The molecule has 2 aliphatic rings. The van der Waals surface area contributed by atoms with Crippen LogP contribution in [0.5, 0.6) is 5.75 Å². The summed E-state index contributed by atoms with van der Waals surface area (Å²) in [6.45, 7) is 1.66. The molecule has 1 aliphatic carbocycles. The zero-order valence-corrected chi connectivity index (χ0v) is 27.4. The van der Waals surface area contributed by atoms with Crippen LogP contribution in [0.25, 0.3) is 11.6 Å². The Labute approximate surface area is 286 Å². The van der Waals surface area contributed by atoms with Gasteiger partial charge in [0, 0.05) is 17.3 Å². The van der Waals surface area contributed by atoms with Gasteiger partial charge >= 0.3 is 0 Å². The van der Waals surface area contributed by atoms with Crippen molar-refractivity contribution in [2.24, 2.45) is 17.8 Å². The summed E-state index contributed by atoms with van der Waals surface area (Å²) in [5, 5.41) is 35.6. The van der Waals surface area contributed by atoms with Gasteiger partial charge in [-0.15, -0.1) is 0 Å². The number of benzene rings is 4. The topological polar surface area (TPSA) is 110 Å². The van der Waals surface area contributed by atoms with Crippen molar-refractivity contribution in [1.82, 2.24) is 0 Å². The van der Waals surface area contributed by atoms with E-state index in [1.165, 1.54) is 17.0 Å². The molecule has 1 aliphatic heterocycles. The lowest BCUT2D eigenvalue weighted by atomic mass is 9.67. The molecule has 4 aromatic rings. The lowest BCUT2D eigenvalue weighted by molar-refractivity contribution is -0.123. The molecule has 1 fully saturated rings. The maximum absolute atomic E-state index is 14.2. The molecule has 0 spiro atoms. The number of imide groups is 1. The van der Waals surface area contributed by atoms with E-state index in [1.807, 2.05) is 85.8 Å². The second kappa shape index (κ2) is 15.0. The maximum atomic E-state index is 14.2. The molecule has 0 radical (unpaired) electrons. The summed E-state index contributed by atoms with van der Waals surface area (Å²) < 4.78 is 14.2. The van der Waals surface area contributed by atoms with E-state index in [2.05, 4.69) is 5.32 Å². The monoisotopic (exact) mass is 660 g/mol. The van der Waals surface area contributed by atoms with Gasteiger partial charge in [0.05, 0.1) is 30.2 Å². The summed E-state index contributed by atoms with van der Waals surface area (Å²) in [5.41, 5.74) is 6.12. The Morgan fingerprint density at radius 2 is 1.61 bits per heavy atom. The molecule has 0 unspecified atom stereocenters. The molecule has 1 heterocycles. The number of nitrogens with one attached hydrogen (secondary N) is 1. The van der Waals surface area contributed by atoms with Crippen molar-refractivity contribution in [3.63, 3.8) is 0 Å². The number of aromatic hydroxyl groups is 1. The van der Waals surface area contributed by atoms with Gasteiger partial charge in [0.25, 0.3) is 0 Å². The molecule has 8 heteroatoms. The summed E-state index contributed by atoms with van der Waals surface area (Å²) >= 11 is 0. The molecule has 7 nitrogen and oxygen atoms in total. The van der Waals surface area contributed by atoms with Crippen LogP contribution in [0.2, 0.25) is 0 Å². The summed E-state index contributed by atoms with van der Waals surface area (Å²) in [7, 11) is 0. The average molecular weight is 661 g/mol. The lowest BCUT2D eigenvalue weighted by Crippen LogP contribution is -2.39. The molecule has 0 saturated carbocycles. The van der Waals surface area contributed by atoms with Crippen LogP contribution in [-0.2, 0) is 9.59 Å². The Hall–Kier alpha value is -5.05. The van der Waals surface area contributed by atoms with Gasteiger partial charge in [0.15, 0.2) is 11.6 Å². The third kappa shape index (κ3) is 7.21. The number of para-hydroxylation sites is 1. The van der Waals surface area contributed by atoms with Crippen molar-refractivity contribution in [2.45, 2.75) is 45.1 Å². The summed E-state index contributed by atoms with van der Waals surface area (Å²) in [4.78, 5) is 29.2. The van der Waals surface area contributed by atoms with Gasteiger partial charge in [0.1, 0.15) is 0 Å². The van der Waals surface area contributed by atoms with Crippen LogP contribution in [-0.4, -0.2) is 39.8 Å². The predicted octanol–water partition coefficient (Wildman–Crippen LogP) is 7.87. The van der Waals surface area contributed by atoms with Gasteiger partial charge in [-0.2, -0.15) is 0 Å². The molecule has 4 N–H and O–H groups in total. The van der Waals surface area contributed by atoms with Crippen LogP contribution in [0.1, 0.15) is 50.2 Å². The van der Waals surface area contributed by atoms with E-state index in [-0.39, 0.29) is 18.4 Å². The number of anilines is 3. The van der Waals surface area contributed by atoms with Gasteiger partial charge in [-0.3, -0.25) is 14.5 Å². The van der Waals surface area contributed by atoms with Crippen molar-refractivity contribution < 1.29 is 29.3 Å². The smallest absolute Gasteiger partial charge is 0.238 e. The number of amides is 2. The molecule has 4 aromatic carbocycles. The van der Waals surface area contributed by atoms with Crippen molar-refractivity contribution in [2.75, 3.05) is 16.8 Å². The normalized spacial score (nSPS) is 20.0. The van der Waals surface area contributed by atoms with E-state index in [0.717, 1.165) is 34.5 Å². The molecule has 2 amide bonds. The van der Waals surface area contributed by atoms with Gasteiger partial charge in [-0.05, 0) is 96.5 Å².